The number of piperidine rings is 1. The molecule has 3 heterocycles. The highest BCUT2D eigenvalue weighted by Gasteiger charge is 2.45. The summed E-state index contributed by atoms with van der Waals surface area (Å²) in [4.78, 5) is 21.9. The van der Waals surface area contributed by atoms with Crippen molar-refractivity contribution >= 4 is 5.91 Å². The number of hydrogen-bond donors (Lipinski definition) is 3. The van der Waals surface area contributed by atoms with E-state index in [1.54, 1.807) is 12.5 Å². The van der Waals surface area contributed by atoms with E-state index in [1.165, 1.54) is 19.4 Å². The maximum atomic E-state index is 12.2. The lowest BCUT2D eigenvalue weighted by Gasteiger charge is -2.39. The third kappa shape index (κ3) is 2.82. The number of carbonyl (C=O) groups excluding carboxylic acids is 1. The van der Waals surface area contributed by atoms with Gasteiger partial charge in [-0.1, -0.05) is 0 Å². The molecule has 1 aromatic rings. The Labute approximate surface area is 124 Å². The molecule has 21 heavy (non-hydrogen) atoms. The Kier molecular flexibility index (Phi) is 3.23. The standard InChI is InChI=1S/C15H23N5O/c21-14-13(7-12-8-16-10-17-12)18-15(19-14)3-5-20(6-4-15)9-11-1-2-11/h8,10-11,13,18H,1-7,9H2,(H,16,17)(H,19,21). The lowest BCUT2D eigenvalue weighted by atomic mass is 9.97. The molecule has 2 saturated heterocycles. The summed E-state index contributed by atoms with van der Waals surface area (Å²) in [6.45, 7) is 3.42. The second kappa shape index (κ2) is 5.10. The highest BCUT2D eigenvalue weighted by atomic mass is 16.2. The van der Waals surface area contributed by atoms with Gasteiger partial charge in [-0.2, -0.15) is 0 Å². The maximum Gasteiger partial charge on any atom is 0.239 e. The van der Waals surface area contributed by atoms with Crippen molar-refractivity contribution < 1.29 is 4.79 Å². The molecule has 1 saturated carbocycles. The van der Waals surface area contributed by atoms with Gasteiger partial charge in [0.2, 0.25) is 5.91 Å². The van der Waals surface area contributed by atoms with Crippen LogP contribution in [-0.2, 0) is 11.2 Å². The van der Waals surface area contributed by atoms with Crippen LogP contribution < -0.4 is 10.6 Å². The molecular formula is C15H23N5O. The van der Waals surface area contributed by atoms with Crippen LogP contribution in [0.2, 0.25) is 0 Å². The molecule has 1 aromatic heterocycles. The predicted octanol–water partition coefficient (Wildman–Crippen LogP) is 0.242. The number of carbonyl (C=O) groups is 1. The minimum atomic E-state index is -0.179. The van der Waals surface area contributed by atoms with E-state index in [1.807, 2.05) is 0 Å². The van der Waals surface area contributed by atoms with Gasteiger partial charge in [-0.15, -0.1) is 0 Å². The number of imidazole rings is 1. The summed E-state index contributed by atoms with van der Waals surface area (Å²) in [5, 5.41) is 6.76. The van der Waals surface area contributed by atoms with Crippen LogP contribution in [0.5, 0.6) is 0 Å². The van der Waals surface area contributed by atoms with Gasteiger partial charge in [-0.25, -0.2) is 4.98 Å². The summed E-state index contributed by atoms with van der Waals surface area (Å²) < 4.78 is 0. The number of nitrogens with one attached hydrogen (secondary N) is 3. The molecule has 0 radical (unpaired) electrons. The Bertz CT molecular complexity index is 502. The van der Waals surface area contributed by atoms with E-state index in [0.717, 1.165) is 37.5 Å². The molecule has 1 aliphatic carbocycles. The van der Waals surface area contributed by atoms with Crippen molar-refractivity contribution in [2.45, 2.75) is 43.8 Å². The Morgan fingerprint density at radius 1 is 1.33 bits per heavy atom. The van der Waals surface area contributed by atoms with E-state index >= 15 is 0 Å². The van der Waals surface area contributed by atoms with Crippen molar-refractivity contribution in [3.05, 3.63) is 18.2 Å². The fourth-order valence-corrected chi connectivity index (χ4v) is 3.57. The monoisotopic (exact) mass is 289 g/mol. The van der Waals surface area contributed by atoms with E-state index in [4.69, 9.17) is 0 Å². The SMILES string of the molecule is O=C1NC2(CCN(CC3CC3)CC2)NC1Cc1cnc[nH]1. The summed E-state index contributed by atoms with van der Waals surface area (Å²) in [5.74, 6) is 1.07. The number of likely N-dealkylation sites (tertiary alicyclic amines) is 1. The second-order valence-electron chi connectivity index (χ2n) is 6.79. The van der Waals surface area contributed by atoms with Crippen molar-refractivity contribution in [3.63, 3.8) is 0 Å². The number of aromatic amines is 1. The van der Waals surface area contributed by atoms with Crippen LogP contribution in [0.1, 0.15) is 31.4 Å². The predicted molar refractivity (Wildman–Crippen MR) is 78.5 cm³/mol. The molecule has 1 unspecified atom stereocenters. The molecule has 2 aliphatic heterocycles. The minimum absolute atomic E-state index is 0.125. The first-order chi connectivity index (χ1) is 10.2. The van der Waals surface area contributed by atoms with Gasteiger partial charge >= 0.3 is 0 Å². The zero-order valence-corrected chi connectivity index (χ0v) is 12.3. The van der Waals surface area contributed by atoms with Crippen LogP contribution in [0, 0.1) is 5.92 Å². The van der Waals surface area contributed by atoms with Gasteiger partial charge in [0.1, 0.15) is 0 Å². The van der Waals surface area contributed by atoms with E-state index in [2.05, 4.69) is 25.5 Å². The van der Waals surface area contributed by atoms with Crippen LogP contribution in [-0.4, -0.2) is 52.1 Å². The zero-order chi connectivity index (χ0) is 14.3. The molecule has 6 heteroatoms. The number of aromatic nitrogens is 2. The van der Waals surface area contributed by atoms with Crippen molar-refractivity contribution in [2.75, 3.05) is 19.6 Å². The Morgan fingerprint density at radius 3 is 2.81 bits per heavy atom. The van der Waals surface area contributed by atoms with Gasteiger partial charge < -0.3 is 15.2 Å². The topological polar surface area (TPSA) is 73.1 Å². The third-order valence-electron chi connectivity index (χ3n) is 5.03. The van der Waals surface area contributed by atoms with E-state index in [0.29, 0.717) is 6.42 Å². The fraction of sp³-hybridized carbons (Fsp3) is 0.733. The van der Waals surface area contributed by atoms with Crippen LogP contribution in [0.25, 0.3) is 0 Å². The molecule has 0 aromatic carbocycles. The number of H-pyrrole nitrogens is 1. The molecule has 1 atom stereocenters. The first-order valence-electron chi connectivity index (χ1n) is 8.02. The second-order valence-corrected chi connectivity index (χ2v) is 6.79. The Balaban J connectivity index is 1.35. The molecular weight excluding hydrogens is 266 g/mol. The smallest absolute Gasteiger partial charge is 0.239 e. The summed E-state index contributed by atoms with van der Waals surface area (Å²) in [7, 11) is 0. The van der Waals surface area contributed by atoms with Crippen LogP contribution in [0.3, 0.4) is 0 Å². The summed E-state index contributed by atoms with van der Waals surface area (Å²) >= 11 is 0. The number of nitrogens with zero attached hydrogens (tertiary/aromatic N) is 2. The van der Waals surface area contributed by atoms with Crippen LogP contribution in [0.15, 0.2) is 12.5 Å². The quantitative estimate of drug-likeness (QED) is 0.742. The van der Waals surface area contributed by atoms with E-state index in [-0.39, 0.29) is 17.6 Å². The summed E-state index contributed by atoms with van der Waals surface area (Å²) in [6, 6.07) is -0.138. The normalized spacial score (nSPS) is 29.0. The molecule has 1 amide bonds. The first kappa shape index (κ1) is 13.3. The average molecular weight is 289 g/mol. The number of rotatable bonds is 4. The maximum absolute atomic E-state index is 12.2. The average Bonchev–Trinajstić information content (AvgIpc) is 3.04. The van der Waals surface area contributed by atoms with E-state index in [9.17, 15) is 4.79 Å². The molecule has 1 spiro atoms. The largest absolute Gasteiger partial charge is 0.348 e. The molecule has 3 fully saturated rings. The molecule has 3 aliphatic rings. The minimum Gasteiger partial charge on any atom is -0.348 e. The fourth-order valence-electron chi connectivity index (χ4n) is 3.57. The van der Waals surface area contributed by atoms with Gasteiger partial charge in [-0.3, -0.25) is 10.1 Å². The zero-order valence-electron chi connectivity index (χ0n) is 12.3. The summed E-state index contributed by atoms with van der Waals surface area (Å²) in [6.07, 6.45) is 8.95. The van der Waals surface area contributed by atoms with Crippen molar-refractivity contribution in [3.8, 4) is 0 Å². The van der Waals surface area contributed by atoms with Crippen molar-refractivity contribution in [1.29, 1.82) is 0 Å². The lowest BCUT2D eigenvalue weighted by Crippen LogP contribution is -2.57. The first-order valence-corrected chi connectivity index (χ1v) is 8.02. The lowest BCUT2D eigenvalue weighted by molar-refractivity contribution is -0.121. The van der Waals surface area contributed by atoms with Gasteiger partial charge in [0, 0.05) is 37.9 Å². The van der Waals surface area contributed by atoms with Crippen LogP contribution in [0.4, 0.5) is 0 Å². The van der Waals surface area contributed by atoms with Crippen molar-refractivity contribution in [1.82, 2.24) is 25.5 Å². The van der Waals surface area contributed by atoms with Crippen LogP contribution >= 0.6 is 0 Å². The van der Waals surface area contributed by atoms with Gasteiger partial charge in [0.05, 0.1) is 18.0 Å². The van der Waals surface area contributed by atoms with Gasteiger partial charge in [0.25, 0.3) is 0 Å². The number of amides is 1. The third-order valence-corrected chi connectivity index (χ3v) is 5.03. The highest BCUT2D eigenvalue weighted by Crippen LogP contribution is 2.32. The van der Waals surface area contributed by atoms with E-state index < -0.39 is 0 Å². The van der Waals surface area contributed by atoms with Gasteiger partial charge in [0.15, 0.2) is 0 Å². The molecule has 3 N–H and O–H groups in total. The molecule has 6 nitrogen and oxygen atoms in total. The molecule has 4 rings (SSSR count). The molecule has 114 valence electrons. The Hall–Kier alpha value is -1.40. The summed E-state index contributed by atoms with van der Waals surface area (Å²) in [5.41, 5.74) is 0.827. The van der Waals surface area contributed by atoms with Gasteiger partial charge in [-0.05, 0) is 31.6 Å². The Morgan fingerprint density at radius 2 is 2.14 bits per heavy atom. The molecule has 0 bridgehead atoms. The van der Waals surface area contributed by atoms with Crippen molar-refractivity contribution in [2.24, 2.45) is 5.92 Å². The number of hydrogen-bond acceptors (Lipinski definition) is 4. The highest BCUT2D eigenvalue weighted by molar-refractivity contribution is 5.85.